The summed E-state index contributed by atoms with van der Waals surface area (Å²) < 4.78 is 5.20. The molecule has 7 heteroatoms. The van der Waals surface area contributed by atoms with Crippen LogP contribution >= 0.6 is 0 Å². The summed E-state index contributed by atoms with van der Waals surface area (Å²) in [5.74, 6) is -1.37. The quantitative estimate of drug-likeness (QED) is 0.554. The van der Waals surface area contributed by atoms with E-state index in [0.717, 1.165) is 6.92 Å². The van der Waals surface area contributed by atoms with Gasteiger partial charge in [-0.15, -0.1) is 0 Å². The summed E-state index contributed by atoms with van der Waals surface area (Å²) in [6.45, 7) is 3.87. The molecule has 0 saturated carbocycles. The molecule has 1 rings (SSSR count). The molecule has 0 spiro atoms. The Labute approximate surface area is 106 Å². The standard InChI is InChI=1S/C11H20N2O5/c1-10(3-5-18-6-4-10)13-9(16)12-7-11(2,17)8(14)15/h17H,3-7H2,1-2H3,(H,14,15)(H2,12,13,16). The number of carbonyl (C=O) groups excluding carboxylic acids is 1. The zero-order valence-electron chi connectivity index (χ0n) is 10.7. The normalized spacial score (nSPS) is 21.7. The number of carbonyl (C=O) groups is 2. The molecule has 0 aromatic rings. The summed E-state index contributed by atoms with van der Waals surface area (Å²) in [5, 5.41) is 23.3. The van der Waals surface area contributed by atoms with E-state index in [1.807, 2.05) is 6.92 Å². The maximum atomic E-state index is 11.6. The molecule has 1 atom stereocenters. The Morgan fingerprint density at radius 1 is 1.39 bits per heavy atom. The molecule has 104 valence electrons. The van der Waals surface area contributed by atoms with Crippen molar-refractivity contribution >= 4 is 12.0 Å². The minimum Gasteiger partial charge on any atom is -0.479 e. The van der Waals surface area contributed by atoms with Crippen molar-refractivity contribution in [1.29, 1.82) is 0 Å². The molecule has 1 aliphatic heterocycles. The topological polar surface area (TPSA) is 108 Å². The summed E-state index contributed by atoms with van der Waals surface area (Å²) in [4.78, 5) is 22.3. The van der Waals surface area contributed by atoms with Gasteiger partial charge in [0, 0.05) is 18.8 Å². The Balaban J connectivity index is 2.40. The van der Waals surface area contributed by atoms with E-state index in [2.05, 4.69) is 10.6 Å². The van der Waals surface area contributed by atoms with Gasteiger partial charge in [0.1, 0.15) is 0 Å². The van der Waals surface area contributed by atoms with E-state index >= 15 is 0 Å². The lowest BCUT2D eigenvalue weighted by atomic mass is 9.93. The highest BCUT2D eigenvalue weighted by Gasteiger charge is 2.32. The molecule has 7 nitrogen and oxygen atoms in total. The number of amides is 2. The fraction of sp³-hybridized carbons (Fsp3) is 0.818. The zero-order chi connectivity index (χ0) is 13.8. The van der Waals surface area contributed by atoms with Crippen LogP contribution in [0.4, 0.5) is 4.79 Å². The van der Waals surface area contributed by atoms with Crippen LogP contribution in [0.2, 0.25) is 0 Å². The smallest absolute Gasteiger partial charge is 0.337 e. The maximum Gasteiger partial charge on any atom is 0.337 e. The lowest BCUT2D eigenvalue weighted by molar-refractivity contribution is -0.155. The summed E-state index contributed by atoms with van der Waals surface area (Å²) in [7, 11) is 0. The first-order chi connectivity index (χ1) is 8.25. The highest BCUT2D eigenvalue weighted by atomic mass is 16.5. The largest absolute Gasteiger partial charge is 0.479 e. The first kappa shape index (κ1) is 14.7. The Morgan fingerprint density at radius 2 is 1.94 bits per heavy atom. The van der Waals surface area contributed by atoms with Gasteiger partial charge in [0.05, 0.1) is 6.54 Å². The molecule has 1 aliphatic rings. The Bertz CT molecular complexity index is 323. The Hall–Kier alpha value is -1.34. The lowest BCUT2D eigenvalue weighted by Crippen LogP contribution is -2.55. The van der Waals surface area contributed by atoms with E-state index in [0.29, 0.717) is 26.1 Å². The Morgan fingerprint density at radius 3 is 2.44 bits per heavy atom. The van der Waals surface area contributed by atoms with Crippen LogP contribution in [0.1, 0.15) is 26.7 Å². The van der Waals surface area contributed by atoms with Gasteiger partial charge in [0.25, 0.3) is 0 Å². The van der Waals surface area contributed by atoms with Crippen LogP contribution in [0.3, 0.4) is 0 Å². The fourth-order valence-electron chi connectivity index (χ4n) is 1.59. The van der Waals surface area contributed by atoms with Crippen molar-refractivity contribution < 1.29 is 24.5 Å². The fourth-order valence-corrected chi connectivity index (χ4v) is 1.59. The molecule has 18 heavy (non-hydrogen) atoms. The molecule has 0 aliphatic carbocycles. The van der Waals surface area contributed by atoms with Crippen molar-refractivity contribution in [2.45, 2.75) is 37.8 Å². The van der Waals surface area contributed by atoms with Crippen LogP contribution < -0.4 is 10.6 Å². The van der Waals surface area contributed by atoms with E-state index in [9.17, 15) is 14.7 Å². The number of ether oxygens (including phenoxy) is 1. The second-order valence-corrected chi connectivity index (χ2v) is 5.06. The molecule has 0 radical (unpaired) electrons. The Kier molecular flexibility index (Phi) is 4.53. The number of rotatable bonds is 4. The van der Waals surface area contributed by atoms with Crippen molar-refractivity contribution in [1.82, 2.24) is 10.6 Å². The van der Waals surface area contributed by atoms with Gasteiger partial charge in [-0.2, -0.15) is 0 Å². The molecule has 4 N–H and O–H groups in total. The molecule has 1 unspecified atom stereocenters. The highest BCUT2D eigenvalue weighted by molar-refractivity contribution is 5.79. The molecule has 1 heterocycles. The minimum absolute atomic E-state index is 0.346. The van der Waals surface area contributed by atoms with Gasteiger partial charge in [-0.1, -0.05) is 0 Å². The van der Waals surface area contributed by atoms with Crippen molar-refractivity contribution in [3.05, 3.63) is 0 Å². The van der Waals surface area contributed by atoms with E-state index in [1.165, 1.54) is 0 Å². The third-order valence-corrected chi connectivity index (χ3v) is 3.07. The monoisotopic (exact) mass is 260 g/mol. The van der Waals surface area contributed by atoms with Crippen LogP contribution in [0.25, 0.3) is 0 Å². The van der Waals surface area contributed by atoms with Crippen LogP contribution in [0.5, 0.6) is 0 Å². The van der Waals surface area contributed by atoms with Gasteiger partial charge >= 0.3 is 12.0 Å². The summed E-state index contributed by atoms with van der Waals surface area (Å²) in [5.41, 5.74) is -2.31. The van der Waals surface area contributed by atoms with Gasteiger partial charge in [-0.05, 0) is 26.7 Å². The second kappa shape index (κ2) is 5.53. The number of aliphatic hydroxyl groups is 1. The van der Waals surface area contributed by atoms with E-state index in [1.54, 1.807) is 0 Å². The average molecular weight is 260 g/mol. The predicted molar refractivity (Wildman–Crippen MR) is 63.3 cm³/mol. The molecule has 2 amide bonds. The van der Waals surface area contributed by atoms with Crippen molar-refractivity contribution in [2.24, 2.45) is 0 Å². The lowest BCUT2D eigenvalue weighted by Gasteiger charge is -2.34. The number of nitrogens with one attached hydrogen (secondary N) is 2. The van der Waals surface area contributed by atoms with Gasteiger partial charge in [-0.3, -0.25) is 0 Å². The second-order valence-electron chi connectivity index (χ2n) is 5.06. The SMILES string of the molecule is CC1(NC(=O)NCC(C)(O)C(=O)O)CCOCC1. The summed E-state index contributed by atoms with van der Waals surface area (Å²) in [6, 6.07) is -0.485. The van der Waals surface area contributed by atoms with Gasteiger partial charge in [-0.25, -0.2) is 9.59 Å². The maximum absolute atomic E-state index is 11.6. The molecular formula is C11H20N2O5. The van der Waals surface area contributed by atoms with E-state index in [-0.39, 0.29) is 12.1 Å². The van der Waals surface area contributed by atoms with E-state index in [4.69, 9.17) is 9.84 Å². The van der Waals surface area contributed by atoms with Crippen LogP contribution in [0.15, 0.2) is 0 Å². The number of aliphatic carboxylic acids is 1. The third-order valence-electron chi connectivity index (χ3n) is 3.07. The van der Waals surface area contributed by atoms with Crippen molar-refractivity contribution in [3.63, 3.8) is 0 Å². The van der Waals surface area contributed by atoms with Crippen molar-refractivity contribution in [3.8, 4) is 0 Å². The average Bonchev–Trinajstić information content (AvgIpc) is 2.26. The van der Waals surface area contributed by atoms with E-state index < -0.39 is 17.6 Å². The van der Waals surface area contributed by atoms with Gasteiger partial charge in [0.2, 0.25) is 0 Å². The number of urea groups is 1. The first-order valence-corrected chi connectivity index (χ1v) is 5.85. The van der Waals surface area contributed by atoms with Crippen LogP contribution in [0, 0.1) is 0 Å². The predicted octanol–water partition coefficient (Wildman–Crippen LogP) is -0.310. The van der Waals surface area contributed by atoms with Crippen LogP contribution in [-0.4, -0.2) is 53.1 Å². The minimum atomic E-state index is -1.96. The molecule has 0 aromatic carbocycles. The molecule has 1 fully saturated rings. The molecule has 0 aromatic heterocycles. The number of carboxylic acids is 1. The summed E-state index contributed by atoms with van der Waals surface area (Å²) in [6.07, 6.45) is 1.41. The zero-order valence-corrected chi connectivity index (χ0v) is 10.7. The summed E-state index contributed by atoms with van der Waals surface area (Å²) >= 11 is 0. The first-order valence-electron chi connectivity index (χ1n) is 5.85. The number of carboxylic acid groups (broad SMARTS) is 1. The highest BCUT2D eigenvalue weighted by Crippen LogP contribution is 2.19. The van der Waals surface area contributed by atoms with Crippen molar-refractivity contribution in [2.75, 3.05) is 19.8 Å². The number of hydrogen-bond acceptors (Lipinski definition) is 4. The molecule has 0 bridgehead atoms. The third kappa shape index (κ3) is 4.15. The molecular weight excluding hydrogens is 240 g/mol. The van der Waals surface area contributed by atoms with Crippen LogP contribution in [-0.2, 0) is 9.53 Å². The van der Waals surface area contributed by atoms with Gasteiger partial charge in [0.15, 0.2) is 5.60 Å². The number of hydrogen-bond donors (Lipinski definition) is 4. The van der Waals surface area contributed by atoms with Gasteiger partial charge < -0.3 is 25.6 Å². The molecule has 1 saturated heterocycles.